The van der Waals surface area contributed by atoms with Gasteiger partial charge < -0.3 is 27.8 Å². The van der Waals surface area contributed by atoms with Gasteiger partial charge in [0.2, 0.25) is 34.9 Å². The van der Waals surface area contributed by atoms with E-state index >= 15 is 0 Å². The summed E-state index contributed by atoms with van der Waals surface area (Å²) in [6.07, 6.45) is 7.11. The number of alkyl halides is 3. The lowest BCUT2D eigenvalue weighted by atomic mass is 10.1. The van der Waals surface area contributed by atoms with Crippen LogP contribution in [0, 0.1) is 0 Å². The van der Waals surface area contributed by atoms with Crippen LogP contribution in [-0.2, 0) is 14.2 Å². The van der Waals surface area contributed by atoms with Gasteiger partial charge in [-0.25, -0.2) is 14.4 Å². The second-order valence-electron chi connectivity index (χ2n) is 14.5. The molecule has 7 rings (SSSR count). The number of benzene rings is 3. The molecule has 0 aliphatic heterocycles. The van der Waals surface area contributed by atoms with E-state index in [-0.39, 0.29) is 72.4 Å². The molecule has 342 valence electrons. The first-order chi connectivity index (χ1) is 32.3. The van der Waals surface area contributed by atoms with E-state index in [1.54, 1.807) is 72.8 Å². The Morgan fingerprint density at radius 2 is 0.697 bits per heavy atom. The van der Waals surface area contributed by atoms with Gasteiger partial charge in [0.1, 0.15) is 0 Å². The molecular weight excluding hydrogens is 917 g/mol. The minimum atomic E-state index is -0.503. The summed E-state index contributed by atoms with van der Waals surface area (Å²) in [5.41, 5.74) is 2.24. The summed E-state index contributed by atoms with van der Waals surface area (Å²) < 4.78 is 33.2. The molecule has 4 aromatic heterocycles. The maximum atomic E-state index is 12.8. The summed E-state index contributed by atoms with van der Waals surface area (Å²) in [5, 5.41) is 12.4. The van der Waals surface area contributed by atoms with Crippen LogP contribution in [0.4, 0.5) is 0 Å². The molecule has 0 bridgehead atoms. The highest BCUT2D eigenvalue weighted by Crippen LogP contribution is 2.28. The molecule has 21 heteroatoms. The molecule has 0 fully saturated rings. The van der Waals surface area contributed by atoms with Gasteiger partial charge in [0.15, 0.2) is 0 Å². The van der Waals surface area contributed by atoms with Crippen molar-refractivity contribution in [3.8, 4) is 69.3 Å². The molecule has 0 N–H and O–H groups in total. The van der Waals surface area contributed by atoms with Crippen LogP contribution in [0.5, 0.6) is 0 Å². The monoisotopic (exact) mass is 957 g/mol. The lowest BCUT2D eigenvalue weighted by Gasteiger charge is -2.05. The van der Waals surface area contributed by atoms with Crippen LogP contribution in [0.2, 0.25) is 0 Å². The Labute approximate surface area is 392 Å². The van der Waals surface area contributed by atoms with Crippen molar-refractivity contribution in [2.24, 2.45) is 0 Å². The molecular formula is C45H42Cl3N9O9. The van der Waals surface area contributed by atoms with E-state index in [1.165, 1.54) is 0 Å². The van der Waals surface area contributed by atoms with Gasteiger partial charge in [-0.15, -0.1) is 34.8 Å². The highest BCUT2D eigenvalue weighted by Gasteiger charge is 2.25. The molecule has 0 aliphatic carbocycles. The lowest BCUT2D eigenvalue weighted by molar-refractivity contribution is 0.0489. The van der Waals surface area contributed by atoms with E-state index in [2.05, 4.69) is 45.4 Å². The number of hydrogen-bond acceptors (Lipinski definition) is 18. The zero-order valence-electron chi connectivity index (χ0n) is 35.4. The SMILES string of the molecule is O=C(OCCCCCCl)c1cccc(-c2noc(-c3nc(-c4nc(-c5cccc(C(=O)OCCCCCCl)c5)no4)nc(-c4nc(-c5cccc(C(=O)OCCCCCCl)c5)no4)n3)n2)c1. The first-order valence-electron chi connectivity index (χ1n) is 21.1. The molecule has 0 atom stereocenters. The van der Waals surface area contributed by atoms with Crippen molar-refractivity contribution in [1.29, 1.82) is 0 Å². The molecule has 0 saturated heterocycles. The van der Waals surface area contributed by atoms with Gasteiger partial charge in [-0.1, -0.05) is 51.9 Å². The molecule has 66 heavy (non-hydrogen) atoms. The summed E-state index contributed by atoms with van der Waals surface area (Å²) in [5.74, 6) is -0.357. The van der Waals surface area contributed by atoms with Crippen LogP contribution in [0.1, 0.15) is 88.9 Å². The molecule has 3 aromatic carbocycles. The zero-order chi connectivity index (χ0) is 46.1. The maximum Gasteiger partial charge on any atom is 0.338 e. The highest BCUT2D eigenvalue weighted by atomic mass is 35.5. The van der Waals surface area contributed by atoms with Crippen molar-refractivity contribution >= 4 is 52.7 Å². The van der Waals surface area contributed by atoms with Gasteiger partial charge in [-0.2, -0.15) is 29.9 Å². The quantitative estimate of drug-likeness (QED) is 0.0237. The Bertz CT molecular complexity index is 2430. The molecule has 0 unspecified atom stereocenters. The predicted octanol–water partition coefficient (Wildman–Crippen LogP) is 9.72. The van der Waals surface area contributed by atoms with Gasteiger partial charge in [0, 0.05) is 34.3 Å². The summed E-state index contributed by atoms with van der Waals surface area (Å²) in [4.78, 5) is 65.6. The van der Waals surface area contributed by atoms with Crippen molar-refractivity contribution in [2.75, 3.05) is 37.5 Å². The third-order valence-corrected chi connectivity index (χ3v) is 10.4. The molecule has 0 amide bonds. The van der Waals surface area contributed by atoms with Gasteiger partial charge >= 0.3 is 17.9 Å². The molecule has 0 radical (unpaired) electrons. The minimum Gasteiger partial charge on any atom is -0.462 e. The standard InChI is InChI=1S/C45H42Cl3N9O9/c46-19-4-1-7-22-61-43(58)31-16-10-13-28(25-31)34-52-40(64-55-34)37-49-38(41-53-35(56-65-41)29-14-11-17-32(26-29)44(59)62-23-8-2-5-20-47)51-39(50-37)42-54-36(57-66-42)30-15-12-18-33(27-30)45(60)63-24-9-3-6-21-48/h10-18,25-27H,1-9,19-24H2. The number of rotatable bonds is 24. The third-order valence-electron chi connectivity index (χ3n) is 9.59. The zero-order valence-corrected chi connectivity index (χ0v) is 37.6. The highest BCUT2D eigenvalue weighted by molar-refractivity contribution is 6.18. The number of unbranched alkanes of at least 4 members (excludes halogenated alkanes) is 6. The fraction of sp³-hybridized carbons (Fsp3) is 0.333. The number of aromatic nitrogens is 9. The maximum absolute atomic E-state index is 12.8. The molecule has 0 spiro atoms. The van der Waals surface area contributed by atoms with Crippen molar-refractivity contribution < 1.29 is 42.2 Å². The van der Waals surface area contributed by atoms with Gasteiger partial charge in [-0.3, -0.25) is 0 Å². The van der Waals surface area contributed by atoms with Crippen molar-refractivity contribution in [1.82, 2.24) is 45.4 Å². The van der Waals surface area contributed by atoms with E-state index < -0.39 is 17.9 Å². The van der Waals surface area contributed by atoms with Crippen molar-refractivity contribution in [3.63, 3.8) is 0 Å². The molecule has 0 aliphatic rings. The van der Waals surface area contributed by atoms with Crippen LogP contribution in [-0.4, -0.2) is 101 Å². The number of carbonyl (C=O) groups excluding carboxylic acids is 3. The number of hydrogen-bond donors (Lipinski definition) is 0. The number of esters is 3. The number of ether oxygens (including phenoxy) is 3. The average molecular weight is 959 g/mol. The smallest absolute Gasteiger partial charge is 0.338 e. The second kappa shape index (κ2) is 24.1. The van der Waals surface area contributed by atoms with Crippen LogP contribution in [0.15, 0.2) is 86.4 Å². The summed E-state index contributed by atoms with van der Waals surface area (Å²) in [6, 6.07) is 19.7. The number of carbonyl (C=O) groups is 3. The lowest BCUT2D eigenvalue weighted by Crippen LogP contribution is -2.06. The Morgan fingerprint density at radius 1 is 0.394 bits per heavy atom. The van der Waals surface area contributed by atoms with Crippen LogP contribution >= 0.6 is 34.8 Å². The fourth-order valence-corrected chi connectivity index (χ4v) is 6.74. The van der Waals surface area contributed by atoms with E-state index in [1.807, 2.05) is 0 Å². The second-order valence-corrected chi connectivity index (χ2v) is 15.6. The van der Waals surface area contributed by atoms with E-state index in [9.17, 15) is 14.4 Å². The average Bonchev–Trinajstić information content (AvgIpc) is 4.17. The van der Waals surface area contributed by atoms with Crippen LogP contribution < -0.4 is 0 Å². The third kappa shape index (κ3) is 12.8. The Balaban J connectivity index is 1.17. The number of nitrogens with zero attached hydrogens (tertiary/aromatic N) is 9. The molecule has 0 saturated carbocycles. The Kier molecular flexibility index (Phi) is 17.3. The topological polar surface area (TPSA) is 234 Å². The largest absolute Gasteiger partial charge is 0.462 e. The Morgan fingerprint density at radius 3 is 0.985 bits per heavy atom. The summed E-state index contributed by atoms with van der Waals surface area (Å²) in [6.45, 7) is 0.773. The van der Waals surface area contributed by atoms with E-state index in [4.69, 9.17) is 62.6 Å². The molecule has 4 heterocycles. The van der Waals surface area contributed by atoms with Gasteiger partial charge in [0.25, 0.3) is 17.7 Å². The summed E-state index contributed by atoms with van der Waals surface area (Å²) in [7, 11) is 0. The first-order valence-corrected chi connectivity index (χ1v) is 22.7. The number of halogens is 3. The molecule has 18 nitrogen and oxygen atoms in total. The van der Waals surface area contributed by atoms with E-state index in [0.29, 0.717) is 70.3 Å². The van der Waals surface area contributed by atoms with Crippen LogP contribution in [0.25, 0.3) is 69.3 Å². The first kappa shape index (κ1) is 47.3. The normalized spacial score (nSPS) is 11.1. The Hall–Kier alpha value is -6.63. The fourth-order valence-electron chi connectivity index (χ4n) is 6.18. The predicted molar refractivity (Wildman–Crippen MR) is 241 cm³/mol. The van der Waals surface area contributed by atoms with Crippen LogP contribution in [0.3, 0.4) is 0 Å². The van der Waals surface area contributed by atoms with Gasteiger partial charge in [-0.05, 0) is 94.2 Å². The van der Waals surface area contributed by atoms with Crippen molar-refractivity contribution in [3.05, 3.63) is 89.5 Å². The van der Waals surface area contributed by atoms with Gasteiger partial charge in [0.05, 0.1) is 36.5 Å². The minimum absolute atomic E-state index is 0.118. The molecule has 7 aromatic rings. The van der Waals surface area contributed by atoms with E-state index in [0.717, 1.165) is 38.5 Å². The van der Waals surface area contributed by atoms with Crippen molar-refractivity contribution in [2.45, 2.75) is 57.8 Å². The summed E-state index contributed by atoms with van der Waals surface area (Å²) >= 11 is 17.2.